The minimum absolute atomic E-state index is 0.0878. The van der Waals surface area contributed by atoms with Gasteiger partial charge in [-0.3, -0.25) is 14.5 Å². The van der Waals surface area contributed by atoms with Crippen molar-refractivity contribution in [2.75, 3.05) is 13.1 Å². The van der Waals surface area contributed by atoms with Gasteiger partial charge in [0, 0.05) is 25.6 Å². The number of carbonyl (C=O) groups excluding carboxylic acids is 2. The van der Waals surface area contributed by atoms with Gasteiger partial charge in [-0.2, -0.15) is 0 Å². The van der Waals surface area contributed by atoms with Crippen molar-refractivity contribution in [2.45, 2.75) is 44.6 Å². The highest BCUT2D eigenvalue weighted by atomic mass is 16.2. The van der Waals surface area contributed by atoms with E-state index in [0.717, 1.165) is 61.4 Å². The van der Waals surface area contributed by atoms with Crippen molar-refractivity contribution in [1.29, 1.82) is 0 Å². The second kappa shape index (κ2) is 10.7. The monoisotopic (exact) mass is 465 g/mol. The molecular weight excluding hydrogens is 434 g/mol. The summed E-state index contributed by atoms with van der Waals surface area (Å²) in [5, 5.41) is 0. The van der Waals surface area contributed by atoms with Gasteiger partial charge in [0.25, 0.3) is 0 Å². The number of piperidine rings is 1. The molecule has 0 bridgehead atoms. The molecular formula is C30H31N3O2. The fraction of sp³-hybridized carbons (Fsp3) is 0.300. The number of fused-ring (bicyclic) bond motifs is 1. The van der Waals surface area contributed by atoms with Crippen LogP contribution in [-0.4, -0.2) is 46.6 Å². The van der Waals surface area contributed by atoms with Crippen molar-refractivity contribution in [3.8, 4) is 0 Å². The number of carbonyl (C=O) groups is 2. The summed E-state index contributed by atoms with van der Waals surface area (Å²) in [5.74, 6) is 0.902. The Kier molecular flexibility index (Phi) is 7.03. The average molecular weight is 466 g/mol. The first kappa shape index (κ1) is 23.0. The number of amidine groups is 1. The fourth-order valence-corrected chi connectivity index (χ4v) is 5.14. The number of amides is 2. The third-order valence-electron chi connectivity index (χ3n) is 6.99. The summed E-state index contributed by atoms with van der Waals surface area (Å²) in [6.45, 7) is 1.61. The maximum Gasteiger partial charge on any atom is 0.233 e. The Bertz CT molecular complexity index is 1150. The van der Waals surface area contributed by atoms with E-state index in [4.69, 9.17) is 4.99 Å². The van der Waals surface area contributed by atoms with Crippen molar-refractivity contribution in [3.05, 3.63) is 102 Å². The zero-order chi connectivity index (χ0) is 24.0. The molecule has 2 heterocycles. The molecule has 35 heavy (non-hydrogen) atoms. The molecule has 3 aromatic rings. The van der Waals surface area contributed by atoms with Crippen LogP contribution in [0.1, 0.15) is 36.0 Å². The topological polar surface area (TPSA) is 53.0 Å². The van der Waals surface area contributed by atoms with Gasteiger partial charge in [0.15, 0.2) is 0 Å². The average Bonchev–Trinajstić information content (AvgIpc) is 2.90. The molecule has 5 nitrogen and oxygen atoms in total. The van der Waals surface area contributed by atoms with Gasteiger partial charge in [0.1, 0.15) is 5.84 Å². The highest BCUT2D eigenvalue weighted by molar-refractivity contribution is 5.97. The van der Waals surface area contributed by atoms with Crippen molar-refractivity contribution >= 4 is 23.3 Å². The first-order valence-corrected chi connectivity index (χ1v) is 12.5. The number of para-hydroxylation sites is 1. The fourth-order valence-electron chi connectivity index (χ4n) is 5.14. The normalized spacial score (nSPS) is 15.8. The number of rotatable bonds is 5. The van der Waals surface area contributed by atoms with E-state index in [2.05, 4.69) is 23.1 Å². The van der Waals surface area contributed by atoms with E-state index in [9.17, 15) is 9.59 Å². The summed E-state index contributed by atoms with van der Waals surface area (Å²) in [5.41, 5.74) is 4.23. The molecule has 2 aliphatic rings. The van der Waals surface area contributed by atoms with Crippen LogP contribution in [0.3, 0.4) is 0 Å². The van der Waals surface area contributed by atoms with E-state index in [1.54, 1.807) is 4.90 Å². The maximum atomic E-state index is 13.4. The van der Waals surface area contributed by atoms with Crippen molar-refractivity contribution in [3.63, 3.8) is 0 Å². The van der Waals surface area contributed by atoms with E-state index >= 15 is 0 Å². The molecule has 2 amide bonds. The number of hydrogen-bond acceptors (Lipinski definition) is 4. The van der Waals surface area contributed by atoms with Crippen LogP contribution in [0.5, 0.6) is 0 Å². The molecule has 0 saturated carbocycles. The van der Waals surface area contributed by atoms with Gasteiger partial charge in [0.2, 0.25) is 11.8 Å². The Morgan fingerprint density at radius 2 is 1.29 bits per heavy atom. The van der Waals surface area contributed by atoms with Gasteiger partial charge in [-0.25, -0.2) is 4.99 Å². The molecule has 0 aliphatic carbocycles. The lowest BCUT2D eigenvalue weighted by Crippen LogP contribution is -2.52. The predicted octanol–water partition coefficient (Wildman–Crippen LogP) is 4.97. The van der Waals surface area contributed by atoms with Gasteiger partial charge in [-0.1, -0.05) is 78.9 Å². The first-order valence-electron chi connectivity index (χ1n) is 12.5. The van der Waals surface area contributed by atoms with Crippen molar-refractivity contribution in [2.24, 2.45) is 4.99 Å². The van der Waals surface area contributed by atoms with Crippen LogP contribution in [0.25, 0.3) is 0 Å². The standard InChI is InChI=1S/C30H31N3O2/c34-29(21-23-9-3-1-4-10-23)33(30(35)22-24-11-5-2-6-12-24)26-17-19-32(20-18-26)28-16-15-25-13-7-8-14-27(25)31-28/h1-14,26H,15-22H2. The number of hydrogen-bond donors (Lipinski definition) is 0. The summed E-state index contributed by atoms with van der Waals surface area (Å²) in [7, 11) is 0. The summed E-state index contributed by atoms with van der Waals surface area (Å²) < 4.78 is 0. The highest BCUT2D eigenvalue weighted by Gasteiger charge is 2.33. The molecule has 0 unspecified atom stereocenters. The molecule has 3 aromatic carbocycles. The van der Waals surface area contributed by atoms with E-state index in [1.807, 2.05) is 66.7 Å². The Morgan fingerprint density at radius 3 is 1.89 bits per heavy atom. The van der Waals surface area contributed by atoms with Crippen LogP contribution in [0.2, 0.25) is 0 Å². The molecule has 5 rings (SSSR count). The summed E-state index contributed by atoms with van der Waals surface area (Å²) in [6, 6.07) is 27.6. The molecule has 178 valence electrons. The molecule has 0 atom stereocenters. The van der Waals surface area contributed by atoms with Crippen LogP contribution in [0.15, 0.2) is 89.9 Å². The molecule has 5 heteroatoms. The number of nitrogens with zero attached hydrogens (tertiary/aromatic N) is 3. The first-order chi connectivity index (χ1) is 17.2. The molecule has 0 N–H and O–H groups in total. The summed E-state index contributed by atoms with van der Waals surface area (Å²) in [4.78, 5) is 35.7. The van der Waals surface area contributed by atoms with Gasteiger partial charge < -0.3 is 4.90 Å². The lowest BCUT2D eigenvalue weighted by atomic mass is 9.98. The quantitative estimate of drug-likeness (QED) is 0.535. The molecule has 1 saturated heterocycles. The van der Waals surface area contributed by atoms with Gasteiger partial charge >= 0.3 is 0 Å². The van der Waals surface area contributed by atoms with Gasteiger partial charge in [-0.05, 0) is 42.0 Å². The molecule has 1 fully saturated rings. The van der Waals surface area contributed by atoms with Crippen molar-refractivity contribution in [1.82, 2.24) is 9.80 Å². The zero-order valence-electron chi connectivity index (χ0n) is 20.0. The van der Waals surface area contributed by atoms with E-state index < -0.39 is 0 Å². The summed E-state index contributed by atoms with van der Waals surface area (Å²) in [6.07, 6.45) is 3.96. The Labute approximate surface area is 207 Å². The Balaban J connectivity index is 1.30. The van der Waals surface area contributed by atoms with E-state index in [-0.39, 0.29) is 30.7 Å². The predicted molar refractivity (Wildman–Crippen MR) is 139 cm³/mol. The largest absolute Gasteiger partial charge is 0.360 e. The number of likely N-dealkylation sites (tertiary alicyclic amines) is 1. The van der Waals surface area contributed by atoms with Crippen molar-refractivity contribution < 1.29 is 9.59 Å². The second-order valence-electron chi connectivity index (χ2n) is 9.36. The Hall–Kier alpha value is -3.73. The SMILES string of the molecule is O=C(Cc1ccccc1)N(C(=O)Cc1ccccc1)C1CCN(C2=Nc3ccccc3CC2)CC1. The molecule has 2 aliphatic heterocycles. The van der Waals surface area contributed by atoms with Gasteiger partial charge in [-0.15, -0.1) is 0 Å². The number of aryl methyl sites for hydroxylation is 1. The number of aliphatic imine (C=N–C) groups is 1. The number of benzene rings is 3. The molecule has 0 radical (unpaired) electrons. The maximum absolute atomic E-state index is 13.4. The van der Waals surface area contributed by atoms with E-state index in [1.165, 1.54) is 5.56 Å². The molecule has 0 spiro atoms. The lowest BCUT2D eigenvalue weighted by molar-refractivity contribution is -0.147. The Morgan fingerprint density at radius 1 is 0.743 bits per heavy atom. The second-order valence-corrected chi connectivity index (χ2v) is 9.36. The minimum atomic E-state index is -0.112. The van der Waals surface area contributed by atoms with Crippen LogP contribution in [0, 0.1) is 0 Å². The highest BCUT2D eigenvalue weighted by Crippen LogP contribution is 2.28. The molecule has 0 aromatic heterocycles. The van der Waals surface area contributed by atoms with Crippen LogP contribution in [0.4, 0.5) is 5.69 Å². The van der Waals surface area contributed by atoms with Gasteiger partial charge in [0.05, 0.1) is 18.5 Å². The summed E-state index contributed by atoms with van der Waals surface area (Å²) >= 11 is 0. The number of imide groups is 1. The lowest BCUT2D eigenvalue weighted by Gasteiger charge is -2.39. The van der Waals surface area contributed by atoms with Crippen LogP contribution >= 0.6 is 0 Å². The van der Waals surface area contributed by atoms with Crippen LogP contribution < -0.4 is 0 Å². The van der Waals surface area contributed by atoms with Crippen LogP contribution in [-0.2, 0) is 28.9 Å². The third kappa shape index (κ3) is 5.51. The third-order valence-corrected chi connectivity index (χ3v) is 6.99. The van der Waals surface area contributed by atoms with E-state index in [0.29, 0.717) is 0 Å². The smallest absolute Gasteiger partial charge is 0.233 e. The minimum Gasteiger partial charge on any atom is -0.360 e. The zero-order valence-corrected chi connectivity index (χ0v) is 20.0.